The molecule has 0 aliphatic carbocycles. The number of benzene rings is 2. The van der Waals surface area contributed by atoms with Crippen molar-refractivity contribution < 1.29 is 4.79 Å². The van der Waals surface area contributed by atoms with E-state index in [4.69, 9.17) is 0 Å². The Bertz CT molecular complexity index is 643. The Labute approximate surface area is 119 Å². The third-order valence-corrected chi connectivity index (χ3v) is 3.63. The molecule has 0 atom stereocenters. The lowest BCUT2D eigenvalue weighted by atomic mass is 9.95. The van der Waals surface area contributed by atoms with Crippen molar-refractivity contribution in [2.24, 2.45) is 4.99 Å². The zero-order valence-electron chi connectivity index (χ0n) is 11.4. The van der Waals surface area contributed by atoms with Gasteiger partial charge in [0.15, 0.2) is 5.78 Å². The quantitative estimate of drug-likeness (QED) is 0.775. The molecular weight excluding hydrogens is 246 g/mol. The number of aliphatic imine (C=N–C) groups is 1. The van der Waals surface area contributed by atoms with Gasteiger partial charge in [-0.25, -0.2) is 0 Å². The second-order valence-electron chi connectivity index (χ2n) is 5.08. The highest BCUT2D eigenvalue weighted by molar-refractivity contribution is 6.14. The average molecular weight is 263 g/mol. The molecule has 1 aliphatic heterocycles. The Morgan fingerprint density at radius 2 is 1.60 bits per heavy atom. The Kier molecular flexibility index (Phi) is 3.73. The van der Waals surface area contributed by atoms with Crippen LogP contribution in [0.4, 0.5) is 0 Å². The smallest absolute Gasteiger partial charge is 0.154 e. The molecule has 0 fully saturated rings. The number of aryl methyl sites for hydroxylation is 1. The Morgan fingerprint density at radius 3 is 2.45 bits per heavy atom. The van der Waals surface area contributed by atoms with Crippen molar-refractivity contribution in [3.63, 3.8) is 0 Å². The molecular formula is C18H17NO. The van der Waals surface area contributed by atoms with Crippen LogP contribution >= 0.6 is 0 Å². The summed E-state index contributed by atoms with van der Waals surface area (Å²) in [5.41, 5.74) is 4.46. The molecule has 20 heavy (non-hydrogen) atoms. The number of carbonyl (C=O) groups excluding carboxylic acids is 1. The van der Waals surface area contributed by atoms with Crippen LogP contribution in [0.25, 0.3) is 0 Å². The molecule has 0 saturated carbocycles. The van der Waals surface area contributed by atoms with E-state index in [1.807, 2.05) is 24.3 Å². The number of hydrogen-bond acceptors (Lipinski definition) is 2. The Hall–Kier alpha value is -2.22. The van der Waals surface area contributed by atoms with Crippen LogP contribution in [0.2, 0.25) is 0 Å². The third-order valence-electron chi connectivity index (χ3n) is 3.63. The molecule has 0 amide bonds. The van der Waals surface area contributed by atoms with E-state index in [0.717, 1.165) is 29.7 Å². The van der Waals surface area contributed by atoms with Crippen molar-refractivity contribution in [2.45, 2.75) is 19.3 Å². The zero-order valence-corrected chi connectivity index (χ0v) is 11.4. The van der Waals surface area contributed by atoms with Gasteiger partial charge in [-0.05, 0) is 18.4 Å². The van der Waals surface area contributed by atoms with E-state index in [1.165, 1.54) is 5.56 Å². The highest BCUT2D eigenvalue weighted by atomic mass is 16.1. The van der Waals surface area contributed by atoms with Crippen LogP contribution < -0.4 is 0 Å². The number of nitrogens with zero attached hydrogens (tertiary/aromatic N) is 1. The van der Waals surface area contributed by atoms with Gasteiger partial charge in [-0.15, -0.1) is 0 Å². The summed E-state index contributed by atoms with van der Waals surface area (Å²) in [4.78, 5) is 16.4. The molecule has 1 heterocycles. The van der Waals surface area contributed by atoms with Crippen molar-refractivity contribution in [1.82, 2.24) is 0 Å². The third kappa shape index (κ3) is 2.69. The summed E-state index contributed by atoms with van der Waals surface area (Å²) in [5.74, 6) is 0.228. The van der Waals surface area contributed by atoms with Crippen LogP contribution in [0.1, 0.15) is 29.5 Å². The van der Waals surface area contributed by atoms with Crippen LogP contribution in [0.15, 0.2) is 59.6 Å². The molecule has 0 saturated heterocycles. The summed E-state index contributed by atoms with van der Waals surface area (Å²) in [6.45, 7) is 0.290. The van der Waals surface area contributed by atoms with E-state index in [1.54, 1.807) is 0 Å². The van der Waals surface area contributed by atoms with Gasteiger partial charge in [0.05, 0.1) is 12.3 Å². The maximum Gasteiger partial charge on any atom is 0.154 e. The largest absolute Gasteiger partial charge is 0.298 e. The lowest BCUT2D eigenvalue weighted by Gasteiger charge is -2.11. The summed E-state index contributed by atoms with van der Waals surface area (Å²) in [6, 6.07) is 18.5. The molecule has 3 rings (SSSR count). The number of Topliss-reactive ketones (excluding diaryl/α,β-unsaturated/α-hetero) is 1. The number of rotatable bonds is 1. The molecule has 0 radical (unpaired) electrons. The van der Waals surface area contributed by atoms with Gasteiger partial charge in [-0.3, -0.25) is 9.79 Å². The Morgan fingerprint density at radius 1 is 0.850 bits per heavy atom. The van der Waals surface area contributed by atoms with Gasteiger partial charge in [0.2, 0.25) is 0 Å². The maximum absolute atomic E-state index is 11.8. The lowest BCUT2D eigenvalue weighted by molar-refractivity contribution is -0.117. The lowest BCUT2D eigenvalue weighted by Crippen LogP contribution is -2.08. The van der Waals surface area contributed by atoms with Crippen LogP contribution in [-0.2, 0) is 11.2 Å². The van der Waals surface area contributed by atoms with Crippen LogP contribution in [-0.4, -0.2) is 18.0 Å². The first-order chi connectivity index (χ1) is 9.84. The van der Waals surface area contributed by atoms with Gasteiger partial charge in [0.1, 0.15) is 0 Å². The molecule has 2 nitrogen and oxygen atoms in total. The van der Waals surface area contributed by atoms with E-state index in [-0.39, 0.29) is 5.78 Å². The molecule has 0 N–H and O–H groups in total. The summed E-state index contributed by atoms with van der Waals surface area (Å²) in [6.07, 6.45) is 2.47. The fourth-order valence-corrected chi connectivity index (χ4v) is 2.62. The van der Waals surface area contributed by atoms with Crippen molar-refractivity contribution in [1.29, 1.82) is 0 Å². The number of ketones is 1. The highest BCUT2D eigenvalue weighted by Crippen LogP contribution is 2.19. The molecule has 1 aliphatic rings. The molecule has 2 heteroatoms. The minimum atomic E-state index is 0.228. The van der Waals surface area contributed by atoms with Gasteiger partial charge >= 0.3 is 0 Å². The van der Waals surface area contributed by atoms with Crippen molar-refractivity contribution in [2.75, 3.05) is 6.54 Å². The topological polar surface area (TPSA) is 29.4 Å². The molecule has 0 aromatic heterocycles. The Balaban J connectivity index is 2.13. The first kappa shape index (κ1) is 12.8. The minimum Gasteiger partial charge on any atom is -0.298 e. The van der Waals surface area contributed by atoms with Crippen molar-refractivity contribution in [3.8, 4) is 0 Å². The van der Waals surface area contributed by atoms with Gasteiger partial charge < -0.3 is 0 Å². The van der Waals surface area contributed by atoms with Crippen LogP contribution in [0.5, 0.6) is 0 Å². The predicted molar refractivity (Wildman–Crippen MR) is 81.3 cm³/mol. The number of carbonyl (C=O) groups is 1. The van der Waals surface area contributed by atoms with Gasteiger partial charge in [0, 0.05) is 17.5 Å². The van der Waals surface area contributed by atoms with Gasteiger partial charge in [-0.1, -0.05) is 54.6 Å². The van der Waals surface area contributed by atoms with Gasteiger partial charge in [0.25, 0.3) is 0 Å². The fourth-order valence-electron chi connectivity index (χ4n) is 2.62. The van der Waals surface area contributed by atoms with Crippen LogP contribution in [0.3, 0.4) is 0 Å². The summed E-state index contributed by atoms with van der Waals surface area (Å²) < 4.78 is 0. The normalized spacial score (nSPS) is 15.6. The average Bonchev–Trinajstić information content (AvgIpc) is 2.57. The second-order valence-corrected chi connectivity index (χ2v) is 5.08. The zero-order chi connectivity index (χ0) is 13.8. The molecule has 2 aromatic carbocycles. The van der Waals surface area contributed by atoms with Crippen molar-refractivity contribution >= 4 is 11.5 Å². The first-order valence-corrected chi connectivity index (χ1v) is 7.04. The molecule has 100 valence electrons. The molecule has 2 aromatic rings. The standard InChI is InChI=1S/C18H17NO/c20-16-11-6-10-14-7-4-5-12-17(14)18(19-13-16)15-8-2-1-3-9-15/h1-5,7-9,12H,6,10-11,13H2. The SMILES string of the molecule is O=C1CCCc2ccccc2C(c2ccccc2)=NC1. The number of hydrogen-bond donors (Lipinski definition) is 0. The van der Waals surface area contributed by atoms with Gasteiger partial charge in [-0.2, -0.15) is 0 Å². The predicted octanol–water partition coefficient (Wildman–Crippen LogP) is 3.43. The number of fused-ring (bicyclic) bond motifs is 1. The molecule has 0 unspecified atom stereocenters. The second kappa shape index (κ2) is 5.83. The summed E-state index contributed by atoms with van der Waals surface area (Å²) >= 11 is 0. The molecule has 0 bridgehead atoms. The first-order valence-electron chi connectivity index (χ1n) is 7.04. The highest BCUT2D eigenvalue weighted by Gasteiger charge is 2.14. The molecule has 0 spiro atoms. The van der Waals surface area contributed by atoms with Crippen LogP contribution in [0, 0.1) is 0 Å². The minimum absolute atomic E-state index is 0.228. The van der Waals surface area contributed by atoms with E-state index < -0.39 is 0 Å². The van der Waals surface area contributed by atoms with E-state index in [2.05, 4.69) is 35.3 Å². The monoisotopic (exact) mass is 263 g/mol. The van der Waals surface area contributed by atoms with E-state index in [9.17, 15) is 4.79 Å². The fraction of sp³-hybridized carbons (Fsp3) is 0.222. The van der Waals surface area contributed by atoms with E-state index >= 15 is 0 Å². The van der Waals surface area contributed by atoms with Crippen molar-refractivity contribution in [3.05, 3.63) is 71.3 Å². The maximum atomic E-state index is 11.8. The summed E-state index contributed by atoms with van der Waals surface area (Å²) in [5, 5.41) is 0. The van der Waals surface area contributed by atoms with E-state index in [0.29, 0.717) is 13.0 Å². The summed E-state index contributed by atoms with van der Waals surface area (Å²) in [7, 11) is 0.